The average Bonchev–Trinajstić information content (AvgIpc) is 3.33. The van der Waals surface area contributed by atoms with E-state index >= 15 is 0 Å². The Kier molecular flexibility index (Phi) is 6.73. The number of aryl methyl sites for hydroxylation is 1. The number of likely N-dealkylation sites (tertiary alicyclic amines) is 1. The number of fused-ring (bicyclic) bond motifs is 1. The van der Waals surface area contributed by atoms with Gasteiger partial charge < -0.3 is 19.7 Å². The molecule has 1 aromatic carbocycles. The molecule has 1 N–H and O–H groups in total. The van der Waals surface area contributed by atoms with Gasteiger partial charge in [0, 0.05) is 19.7 Å². The van der Waals surface area contributed by atoms with Crippen LogP contribution in [0.5, 0.6) is 6.01 Å². The minimum atomic E-state index is -0.0494. The lowest BCUT2D eigenvalue weighted by molar-refractivity contribution is -0.115. The number of aromatic nitrogens is 2. The Labute approximate surface area is 195 Å². The fourth-order valence-corrected chi connectivity index (χ4v) is 4.90. The number of hydrogen-bond donors (Lipinski definition) is 1. The highest BCUT2D eigenvalue weighted by molar-refractivity contribution is 6.00. The third-order valence-electron chi connectivity index (χ3n) is 6.59. The highest BCUT2D eigenvalue weighted by Crippen LogP contribution is 2.32. The van der Waals surface area contributed by atoms with Crippen LogP contribution in [0.2, 0.25) is 0 Å². The Bertz CT molecular complexity index is 986. The molecule has 3 aliphatic rings. The lowest BCUT2D eigenvalue weighted by Gasteiger charge is -2.31. The van der Waals surface area contributed by atoms with Gasteiger partial charge in [-0.25, -0.2) is 0 Å². The Morgan fingerprint density at radius 3 is 2.73 bits per heavy atom. The second-order valence-corrected chi connectivity index (χ2v) is 9.30. The van der Waals surface area contributed by atoms with Crippen molar-refractivity contribution in [1.29, 1.82) is 0 Å². The monoisotopic (exact) mass is 451 g/mol. The number of nitrogens with one attached hydrogen (secondary N) is 1. The summed E-state index contributed by atoms with van der Waals surface area (Å²) < 4.78 is 11.5. The zero-order chi connectivity index (χ0) is 22.6. The number of benzene rings is 1. The van der Waals surface area contributed by atoms with Crippen LogP contribution in [-0.4, -0.2) is 59.7 Å². The van der Waals surface area contributed by atoms with E-state index in [9.17, 15) is 4.79 Å². The Morgan fingerprint density at radius 2 is 1.94 bits per heavy atom. The number of carbonyl (C=O) groups is 1. The van der Waals surface area contributed by atoms with E-state index in [4.69, 9.17) is 9.47 Å². The summed E-state index contributed by atoms with van der Waals surface area (Å²) in [7, 11) is 0. The molecule has 176 valence electrons. The van der Waals surface area contributed by atoms with E-state index in [0.717, 1.165) is 26.0 Å². The maximum Gasteiger partial charge on any atom is 0.318 e. The number of rotatable bonds is 7. The molecule has 0 spiro atoms. The van der Waals surface area contributed by atoms with Crippen LogP contribution in [0.25, 0.3) is 0 Å². The van der Waals surface area contributed by atoms with Crippen molar-refractivity contribution in [3.63, 3.8) is 0 Å². The summed E-state index contributed by atoms with van der Waals surface area (Å²) >= 11 is 0. The van der Waals surface area contributed by atoms with Crippen LogP contribution in [0.15, 0.2) is 24.3 Å². The zero-order valence-corrected chi connectivity index (χ0v) is 19.4. The Morgan fingerprint density at radius 1 is 1.12 bits per heavy atom. The molecule has 3 aliphatic heterocycles. The first kappa shape index (κ1) is 22.1. The molecule has 33 heavy (non-hydrogen) atoms. The number of amides is 1. The summed E-state index contributed by atoms with van der Waals surface area (Å²) in [5, 5.41) is 2.94. The third-order valence-corrected chi connectivity index (χ3v) is 6.59. The van der Waals surface area contributed by atoms with Crippen molar-refractivity contribution >= 4 is 17.4 Å². The van der Waals surface area contributed by atoms with Gasteiger partial charge in [-0.05, 0) is 56.8 Å². The van der Waals surface area contributed by atoms with Crippen molar-refractivity contribution in [1.82, 2.24) is 14.9 Å². The number of anilines is 2. The summed E-state index contributed by atoms with van der Waals surface area (Å²) in [6, 6.07) is 9.01. The van der Waals surface area contributed by atoms with Gasteiger partial charge in [0.1, 0.15) is 12.3 Å². The molecule has 0 bridgehead atoms. The smallest absolute Gasteiger partial charge is 0.318 e. The van der Waals surface area contributed by atoms with Crippen LogP contribution in [0, 0.1) is 6.92 Å². The summed E-state index contributed by atoms with van der Waals surface area (Å²) in [5.74, 6) is 0.664. The molecule has 0 aliphatic carbocycles. The molecule has 1 amide bonds. The van der Waals surface area contributed by atoms with Gasteiger partial charge in [0.15, 0.2) is 5.82 Å². The molecule has 2 fully saturated rings. The van der Waals surface area contributed by atoms with Gasteiger partial charge in [-0.15, -0.1) is 0 Å². The standard InChI is InChI=1S/C25H33N5O3/c1-18-23-24(28-25(26-18)33-17-21-9-6-12-32-21)30(16-22(31)27-23)15-20-8-5-7-19(13-20)14-29-10-3-2-4-11-29/h5,7-8,13,21H,2-4,6,9-12,14-17H2,1H3,(H,27,31). The van der Waals surface area contributed by atoms with Crippen molar-refractivity contribution < 1.29 is 14.3 Å². The van der Waals surface area contributed by atoms with Gasteiger partial charge in [0.2, 0.25) is 5.91 Å². The summed E-state index contributed by atoms with van der Waals surface area (Å²) in [6.07, 6.45) is 6.08. The van der Waals surface area contributed by atoms with Crippen LogP contribution in [0.3, 0.4) is 0 Å². The molecular weight excluding hydrogens is 418 g/mol. The fourth-order valence-electron chi connectivity index (χ4n) is 4.90. The highest BCUT2D eigenvalue weighted by atomic mass is 16.5. The predicted octanol–water partition coefficient (Wildman–Crippen LogP) is 3.29. The van der Waals surface area contributed by atoms with E-state index in [-0.39, 0.29) is 18.6 Å². The molecule has 2 aromatic rings. The number of nitrogens with zero attached hydrogens (tertiary/aromatic N) is 4. The maximum absolute atomic E-state index is 12.4. The summed E-state index contributed by atoms with van der Waals surface area (Å²) in [5.41, 5.74) is 3.86. The van der Waals surface area contributed by atoms with Crippen molar-refractivity contribution in [2.45, 2.75) is 58.2 Å². The lowest BCUT2D eigenvalue weighted by atomic mass is 10.1. The van der Waals surface area contributed by atoms with E-state index in [1.165, 1.54) is 43.5 Å². The molecule has 8 heteroatoms. The van der Waals surface area contributed by atoms with Crippen LogP contribution in [0.4, 0.5) is 11.5 Å². The van der Waals surface area contributed by atoms with Crippen molar-refractivity contribution in [2.24, 2.45) is 0 Å². The van der Waals surface area contributed by atoms with Gasteiger partial charge in [0.25, 0.3) is 0 Å². The largest absolute Gasteiger partial charge is 0.461 e. The highest BCUT2D eigenvalue weighted by Gasteiger charge is 2.27. The fraction of sp³-hybridized carbons (Fsp3) is 0.560. The van der Waals surface area contributed by atoms with Crippen molar-refractivity contribution in [2.75, 3.05) is 43.1 Å². The maximum atomic E-state index is 12.4. The second kappa shape index (κ2) is 10.1. The Balaban J connectivity index is 1.32. The van der Waals surface area contributed by atoms with Crippen molar-refractivity contribution in [3.05, 3.63) is 41.1 Å². The normalized spacial score (nSPS) is 21.1. The summed E-state index contributed by atoms with van der Waals surface area (Å²) in [6.45, 7) is 7.30. The minimum Gasteiger partial charge on any atom is -0.461 e. The number of ether oxygens (including phenoxy) is 2. The first-order valence-corrected chi connectivity index (χ1v) is 12.1. The first-order chi connectivity index (χ1) is 16.1. The van der Waals surface area contributed by atoms with E-state index < -0.39 is 0 Å². The van der Waals surface area contributed by atoms with E-state index in [2.05, 4.69) is 44.5 Å². The average molecular weight is 452 g/mol. The number of piperidine rings is 1. The lowest BCUT2D eigenvalue weighted by Crippen LogP contribution is -2.39. The molecular formula is C25H33N5O3. The van der Waals surface area contributed by atoms with Crippen LogP contribution in [0.1, 0.15) is 48.9 Å². The van der Waals surface area contributed by atoms with Gasteiger partial charge in [0.05, 0.1) is 18.3 Å². The zero-order valence-electron chi connectivity index (χ0n) is 19.4. The summed E-state index contributed by atoms with van der Waals surface area (Å²) in [4.78, 5) is 26.1. The van der Waals surface area contributed by atoms with E-state index in [1.807, 2.05) is 11.8 Å². The van der Waals surface area contributed by atoms with Gasteiger partial charge in [-0.3, -0.25) is 9.69 Å². The van der Waals surface area contributed by atoms with E-state index in [1.54, 1.807) is 0 Å². The minimum absolute atomic E-state index is 0.0494. The van der Waals surface area contributed by atoms with Crippen molar-refractivity contribution in [3.8, 4) is 6.01 Å². The molecule has 4 heterocycles. The molecule has 0 radical (unpaired) electrons. The molecule has 5 rings (SSSR count). The second-order valence-electron chi connectivity index (χ2n) is 9.30. The Hall–Kier alpha value is -2.71. The molecule has 0 saturated carbocycles. The molecule has 1 aromatic heterocycles. The van der Waals surface area contributed by atoms with Crippen LogP contribution >= 0.6 is 0 Å². The molecule has 1 atom stereocenters. The van der Waals surface area contributed by atoms with Gasteiger partial charge in [-0.1, -0.05) is 30.7 Å². The van der Waals surface area contributed by atoms with Crippen LogP contribution < -0.4 is 15.0 Å². The topological polar surface area (TPSA) is 79.8 Å². The van der Waals surface area contributed by atoms with Crippen LogP contribution in [-0.2, 0) is 22.6 Å². The van der Waals surface area contributed by atoms with E-state index in [0.29, 0.717) is 36.4 Å². The molecule has 8 nitrogen and oxygen atoms in total. The SMILES string of the molecule is Cc1nc(OCC2CCCO2)nc2c1NC(=O)CN2Cc1cccc(CN2CCCCC2)c1. The predicted molar refractivity (Wildman–Crippen MR) is 126 cm³/mol. The quantitative estimate of drug-likeness (QED) is 0.692. The third kappa shape index (κ3) is 5.45. The number of carbonyl (C=O) groups excluding carboxylic acids is 1. The van der Waals surface area contributed by atoms with Gasteiger partial charge in [-0.2, -0.15) is 9.97 Å². The van der Waals surface area contributed by atoms with Gasteiger partial charge >= 0.3 is 6.01 Å². The number of hydrogen-bond acceptors (Lipinski definition) is 7. The molecule has 2 saturated heterocycles. The first-order valence-electron chi connectivity index (χ1n) is 12.1. The molecule has 1 unspecified atom stereocenters.